The van der Waals surface area contributed by atoms with Gasteiger partial charge in [-0.3, -0.25) is 19.8 Å². The number of rotatable bonds is 10. The number of hydrogen-bond donors (Lipinski definition) is 3. The van der Waals surface area contributed by atoms with Gasteiger partial charge in [-0.2, -0.15) is 13.2 Å². The van der Waals surface area contributed by atoms with Crippen molar-refractivity contribution in [2.75, 3.05) is 58.2 Å². The van der Waals surface area contributed by atoms with Crippen LogP contribution in [0.2, 0.25) is 0 Å². The number of halogens is 3. The van der Waals surface area contributed by atoms with E-state index in [0.29, 0.717) is 53.8 Å². The molecule has 4 heterocycles. The second kappa shape index (κ2) is 15.4. The molecule has 0 aliphatic carbocycles. The number of pyridine rings is 2. The van der Waals surface area contributed by atoms with Gasteiger partial charge in [-0.15, -0.1) is 11.3 Å². The molecule has 0 saturated carbocycles. The summed E-state index contributed by atoms with van der Waals surface area (Å²) in [6.07, 6.45) is -1.63. The van der Waals surface area contributed by atoms with Gasteiger partial charge < -0.3 is 20.1 Å². The number of carbonyl (C=O) groups is 2. The number of fused-ring (bicyclic) bond motifs is 1. The second-order valence-corrected chi connectivity index (χ2v) is 13.1. The molecule has 3 aromatic heterocycles. The molecular weight excluding hydrogens is 682 g/mol. The Hall–Kier alpha value is -5.12. The van der Waals surface area contributed by atoms with E-state index in [1.54, 1.807) is 31.3 Å². The van der Waals surface area contributed by atoms with Crippen molar-refractivity contribution in [3.63, 3.8) is 0 Å². The summed E-state index contributed by atoms with van der Waals surface area (Å²) < 4.78 is 42.5. The molecule has 266 valence electrons. The van der Waals surface area contributed by atoms with Crippen molar-refractivity contribution >= 4 is 40.0 Å². The van der Waals surface area contributed by atoms with E-state index in [-0.39, 0.29) is 16.4 Å². The van der Waals surface area contributed by atoms with Crippen molar-refractivity contribution in [2.45, 2.75) is 19.6 Å². The Balaban J connectivity index is 1.40. The van der Waals surface area contributed by atoms with E-state index in [1.807, 2.05) is 34.9 Å². The predicted octanol–water partition coefficient (Wildman–Crippen LogP) is 5.37. The molecule has 3 N–H and O–H groups in total. The predicted molar refractivity (Wildman–Crippen MR) is 192 cm³/mol. The molecule has 11 nitrogen and oxygen atoms in total. The standard InChI is InChI=1S/C36H37F3N8O3S/c1-3-40-35(50)44-31-18-26(34-43-30(22-51-34)36(37,38)39)27(19-42-31)24-9-10-25-29(17-24)47(20-23-7-5-4-6-8-23)21-28(32(25)48)33(49)41-11-12-46-15-13-45(2)14-16-46/h4-10,17-19,21-22H,3,11-16,20H2,1-2H3,(H,41,49)(H2,40,42,44,50). The number of piperazine rings is 1. The summed E-state index contributed by atoms with van der Waals surface area (Å²) in [4.78, 5) is 52.3. The van der Waals surface area contributed by atoms with Crippen molar-refractivity contribution in [3.05, 3.63) is 99.4 Å². The largest absolute Gasteiger partial charge is 0.434 e. The first-order valence-corrected chi connectivity index (χ1v) is 17.4. The maximum atomic E-state index is 13.8. The quantitative estimate of drug-likeness (QED) is 0.177. The van der Waals surface area contributed by atoms with Gasteiger partial charge >= 0.3 is 12.2 Å². The third-order valence-corrected chi connectivity index (χ3v) is 9.53. The van der Waals surface area contributed by atoms with Gasteiger partial charge in [-0.05, 0) is 43.3 Å². The highest BCUT2D eigenvalue weighted by molar-refractivity contribution is 7.13. The van der Waals surface area contributed by atoms with E-state index in [0.717, 1.165) is 48.5 Å². The van der Waals surface area contributed by atoms with Crippen LogP contribution in [0.1, 0.15) is 28.5 Å². The molecule has 0 spiro atoms. The Kier molecular flexibility index (Phi) is 10.8. The zero-order valence-electron chi connectivity index (χ0n) is 28.1. The fourth-order valence-corrected chi connectivity index (χ4v) is 6.76. The van der Waals surface area contributed by atoms with Crippen LogP contribution in [-0.4, -0.2) is 89.1 Å². The number of amides is 3. The molecule has 1 aliphatic heterocycles. The molecule has 1 aliphatic rings. The van der Waals surface area contributed by atoms with Gasteiger partial charge in [-0.25, -0.2) is 14.8 Å². The average molecular weight is 719 g/mol. The number of alkyl halides is 3. The topological polar surface area (TPSA) is 124 Å². The highest BCUT2D eigenvalue weighted by Crippen LogP contribution is 2.39. The minimum atomic E-state index is -4.64. The van der Waals surface area contributed by atoms with Gasteiger partial charge in [0.25, 0.3) is 5.91 Å². The van der Waals surface area contributed by atoms with Crippen LogP contribution in [0.3, 0.4) is 0 Å². The number of nitrogens with zero attached hydrogens (tertiary/aromatic N) is 5. The molecule has 0 unspecified atom stereocenters. The third kappa shape index (κ3) is 8.44. The molecule has 0 bridgehead atoms. The number of urea groups is 1. The van der Waals surface area contributed by atoms with Crippen LogP contribution in [0.5, 0.6) is 0 Å². The Morgan fingerprint density at radius 3 is 2.45 bits per heavy atom. The molecule has 5 aromatic rings. The molecular formula is C36H37F3N8O3S. The van der Waals surface area contributed by atoms with Crippen LogP contribution in [0.4, 0.5) is 23.8 Å². The van der Waals surface area contributed by atoms with Crippen molar-refractivity contribution in [1.82, 2.24) is 35.0 Å². The zero-order valence-corrected chi connectivity index (χ0v) is 28.9. The normalized spacial score (nSPS) is 14.1. The number of aromatic nitrogens is 3. The molecule has 15 heteroatoms. The van der Waals surface area contributed by atoms with Crippen LogP contribution >= 0.6 is 11.3 Å². The van der Waals surface area contributed by atoms with Crippen molar-refractivity contribution < 1.29 is 22.8 Å². The first-order chi connectivity index (χ1) is 24.5. The van der Waals surface area contributed by atoms with Crippen molar-refractivity contribution in [2.24, 2.45) is 0 Å². The van der Waals surface area contributed by atoms with Crippen LogP contribution in [0.15, 0.2) is 77.2 Å². The van der Waals surface area contributed by atoms with Gasteiger partial charge in [0.05, 0.1) is 5.52 Å². The maximum absolute atomic E-state index is 13.8. The highest BCUT2D eigenvalue weighted by atomic mass is 32.1. The van der Waals surface area contributed by atoms with Crippen molar-refractivity contribution in [3.8, 4) is 21.7 Å². The first kappa shape index (κ1) is 35.7. The summed E-state index contributed by atoms with van der Waals surface area (Å²) in [5.74, 6) is -0.346. The summed E-state index contributed by atoms with van der Waals surface area (Å²) in [5.41, 5.74) is 1.27. The number of thiazole rings is 1. The summed E-state index contributed by atoms with van der Waals surface area (Å²) in [5, 5.41) is 9.43. The molecule has 2 aromatic carbocycles. The molecule has 6 rings (SSSR count). The Labute approximate surface area is 296 Å². The number of likely N-dealkylation sites (N-methyl/N-ethyl adjacent to an activating group) is 1. The Morgan fingerprint density at radius 2 is 1.75 bits per heavy atom. The lowest BCUT2D eigenvalue weighted by molar-refractivity contribution is -0.140. The van der Waals surface area contributed by atoms with E-state index >= 15 is 0 Å². The fraction of sp³-hybridized carbons (Fsp3) is 0.306. The van der Waals surface area contributed by atoms with Crippen LogP contribution in [-0.2, 0) is 12.7 Å². The summed E-state index contributed by atoms with van der Waals surface area (Å²) in [7, 11) is 2.08. The van der Waals surface area contributed by atoms with Crippen LogP contribution in [0.25, 0.3) is 32.6 Å². The molecule has 1 saturated heterocycles. The van der Waals surface area contributed by atoms with Gasteiger partial charge in [0.15, 0.2) is 5.69 Å². The second-order valence-electron chi connectivity index (χ2n) is 12.3. The summed E-state index contributed by atoms with van der Waals surface area (Å²) >= 11 is 0.816. The molecule has 1 fully saturated rings. The van der Waals surface area contributed by atoms with E-state index in [4.69, 9.17) is 0 Å². The fourth-order valence-electron chi connectivity index (χ4n) is 5.90. The van der Waals surface area contributed by atoms with E-state index < -0.39 is 29.2 Å². The summed E-state index contributed by atoms with van der Waals surface area (Å²) in [6.45, 7) is 7.24. The SMILES string of the molecule is CCNC(=O)Nc1cc(-c2nc(C(F)(F)F)cs2)c(-c2ccc3c(=O)c(C(=O)NCCN4CCN(C)CC4)cn(Cc4ccccc4)c3c2)cn1. The Bertz CT molecular complexity index is 2090. The molecule has 3 amide bonds. The minimum absolute atomic E-state index is 0.00941. The van der Waals surface area contributed by atoms with Gasteiger partial charge in [0.1, 0.15) is 16.4 Å². The average Bonchev–Trinajstić information content (AvgIpc) is 3.62. The highest BCUT2D eigenvalue weighted by Gasteiger charge is 2.34. The maximum Gasteiger partial charge on any atom is 0.434 e. The van der Waals surface area contributed by atoms with Crippen LogP contribution < -0.4 is 21.4 Å². The first-order valence-electron chi connectivity index (χ1n) is 16.5. The lowest BCUT2D eigenvalue weighted by Crippen LogP contribution is -2.47. The number of nitrogens with one attached hydrogen (secondary N) is 3. The van der Waals surface area contributed by atoms with E-state index in [9.17, 15) is 27.6 Å². The molecule has 51 heavy (non-hydrogen) atoms. The van der Waals surface area contributed by atoms with Crippen LogP contribution in [0, 0.1) is 0 Å². The monoisotopic (exact) mass is 718 g/mol. The number of benzene rings is 2. The molecule has 0 atom stereocenters. The summed E-state index contributed by atoms with van der Waals surface area (Å²) in [6, 6.07) is 15.6. The molecule has 0 radical (unpaired) electrons. The van der Waals surface area contributed by atoms with Crippen molar-refractivity contribution in [1.29, 1.82) is 0 Å². The van der Waals surface area contributed by atoms with Gasteiger partial charge in [-0.1, -0.05) is 36.4 Å². The van der Waals surface area contributed by atoms with Gasteiger partial charge in [0, 0.05) is 86.6 Å². The van der Waals surface area contributed by atoms with E-state index in [2.05, 4.69) is 42.8 Å². The number of carbonyl (C=O) groups excluding carboxylic acids is 2. The number of hydrogen-bond acceptors (Lipinski definition) is 8. The smallest absolute Gasteiger partial charge is 0.351 e. The van der Waals surface area contributed by atoms with E-state index in [1.165, 1.54) is 12.3 Å². The lowest BCUT2D eigenvalue weighted by Gasteiger charge is -2.32. The van der Waals surface area contributed by atoms with Gasteiger partial charge in [0.2, 0.25) is 5.43 Å². The lowest BCUT2D eigenvalue weighted by atomic mass is 9.99. The number of anilines is 1. The zero-order chi connectivity index (χ0) is 36.1. The minimum Gasteiger partial charge on any atom is -0.351 e. The third-order valence-electron chi connectivity index (χ3n) is 8.65. The Morgan fingerprint density at radius 1 is 0.980 bits per heavy atom.